The number of nitrogens with zero attached hydrogens (tertiary/aromatic N) is 3. The average molecular weight is 376 g/mol. The van der Waals surface area contributed by atoms with Crippen LogP contribution in [-0.2, 0) is 6.54 Å². The topological polar surface area (TPSA) is 77.6 Å². The Balaban J connectivity index is 1.95. The fourth-order valence-corrected chi connectivity index (χ4v) is 3.34. The highest BCUT2D eigenvalue weighted by atomic mass is 16.5. The van der Waals surface area contributed by atoms with E-state index in [0.29, 0.717) is 29.7 Å². The number of nitrogens with one attached hydrogen (secondary N) is 1. The molecule has 0 bridgehead atoms. The third kappa shape index (κ3) is 3.00. The summed E-state index contributed by atoms with van der Waals surface area (Å²) in [4.78, 5) is 25.4. The third-order valence-corrected chi connectivity index (χ3v) is 4.68. The van der Waals surface area contributed by atoms with Gasteiger partial charge in [0, 0.05) is 12.1 Å². The Morgan fingerprint density at radius 1 is 1.11 bits per heavy atom. The van der Waals surface area contributed by atoms with E-state index >= 15 is 0 Å². The fraction of sp³-hybridized carbons (Fsp3) is 0.190. The van der Waals surface area contributed by atoms with Crippen LogP contribution in [0.25, 0.3) is 16.6 Å². The van der Waals surface area contributed by atoms with Gasteiger partial charge >= 0.3 is 0 Å². The minimum absolute atomic E-state index is 0.166. The van der Waals surface area contributed by atoms with E-state index in [2.05, 4.69) is 10.4 Å². The van der Waals surface area contributed by atoms with Crippen LogP contribution in [0.1, 0.15) is 22.8 Å². The van der Waals surface area contributed by atoms with Crippen LogP contribution in [0.5, 0.6) is 5.75 Å². The maximum Gasteiger partial charge on any atom is 0.277 e. The van der Waals surface area contributed by atoms with Crippen molar-refractivity contribution in [2.45, 2.75) is 13.5 Å². The van der Waals surface area contributed by atoms with E-state index in [9.17, 15) is 9.59 Å². The Hall–Kier alpha value is -3.61. The zero-order valence-corrected chi connectivity index (χ0v) is 15.7. The molecule has 4 rings (SSSR count). The van der Waals surface area contributed by atoms with E-state index in [1.807, 2.05) is 37.3 Å². The number of rotatable bonds is 5. The molecule has 7 heteroatoms. The van der Waals surface area contributed by atoms with Gasteiger partial charge in [-0.2, -0.15) is 5.10 Å². The maximum atomic E-state index is 13.1. The van der Waals surface area contributed by atoms with Gasteiger partial charge in [0.05, 0.1) is 30.9 Å². The number of benzene rings is 2. The molecule has 0 atom stereocenters. The molecule has 0 radical (unpaired) electrons. The first kappa shape index (κ1) is 17.8. The lowest BCUT2D eigenvalue weighted by Gasteiger charge is -2.14. The van der Waals surface area contributed by atoms with Gasteiger partial charge in [0.15, 0.2) is 0 Å². The highest BCUT2D eigenvalue weighted by Crippen LogP contribution is 2.19. The molecule has 142 valence electrons. The van der Waals surface area contributed by atoms with Crippen LogP contribution in [0.2, 0.25) is 0 Å². The molecule has 1 N–H and O–H groups in total. The Bertz CT molecular complexity index is 1240. The Labute approximate surface area is 161 Å². The summed E-state index contributed by atoms with van der Waals surface area (Å²) in [5, 5.41) is 7.07. The van der Waals surface area contributed by atoms with Crippen LogP contribution in [0, 0.1) is 0 Å². The van der Waals surface area contributed by atoms with Gasteiger partial charge in [0.25, 0.3) is 11.5 Å². The molecule has 2 aromatic carbocycles. The molecule has 4 aromatic rings. The summed E-state index contributed by atoms with van der Waals surface area (Å²) in [5.74, 6) is 0.550. The van der Waals surface area contributed by atoms with Crippen LogP contribution in [-0.4, -0.2) is 33.7 Å². The van der Waals surface area contributed by atoms with E-state index in [0.717, 1.165) is 16.8 Å². The largest absolute Gasteiger partial charge is 0.497 e. The number of aromatic nitrogens is 3. The van der Waals surface area contributed by atoms with Gasteiger partial charge < -0.3 is 14.6 Å². The fourth-order valence-electron chi connectivity index (χ4n) is 3.34. The van der Waals surface area contributed by atoms with Crippen molar-refractivity contribution in [3.63, 3.8) is 0 Å². The van der Waals surface area contributed by atoms with Crippen molar-refractivity contribution in [3.8, 4) is 5.75 Å². The molecule has 0 aliphatic heterocycles. The van der Waals surface area contributed by atoms with Gasteiger partial charge in [-0.3, -0.25) is 9.59 Å². The molecule has 2 aromatic heterocycles. The lowest BCUT2D eigenvalue weighted by Crippen LogP contribution is -2.25. The number of hydrogen-bond donors (Lipinski definition) is 1. The number of methoxy groups -OCH3 is 1. The van der Waals surface area contributed by atoms with Crippen LogP contribution in [0.15, 0.2) is 59.5 Å². The summed E-state index contributed by atoms with van der Waals surface area (Å²) in [6.07, 6.45) is 1.60. The van der Waals surface area contributed by atoms with Gasteiger partial charge in [-0.05, 0) is 48.9 Å². The minimum Gasteiger partial charge on any atom is -0.497 e. The standard InChI is InChI=1S/C21H20N4O3/c1-3-22-20(26)15-7-8-17-19(12-15)24(21(27)18-9-10-23-25(17)18)13-14-5-4-6-16(11-14)28-2/h4-12H,3,13H2,1-2H3,(H,22,26). The summed E-state index contributed by atoms with van der Waals surface area (Å²) >= 11 is 0. The number of carbonyl (C=O) groups is 1. The van der Waals surface area contributed by atoms with E-state index in [1.54, 1.807) is 40.6 Å². The summed E-state index contributed by atoms with van der Waals surface area (Å²) in [5.41, 5.74) is 3.15. The van der Waals surface area contributed by atoms with Gasteiger partial charge in [-0.1, -0.05) is 12.1 Å². The second-order valence-electron chi connectivity index (χ2n) is 6.43. The smallest absolute Gasteiger partial charge is 0.277 e. The van der Waals surface area contributed by atoms with Gasteiger partial charge in [0.2, 0.25) is 0 Å². The highest BCUT2D eigenvalue weighted by molar-refractivity contribution is 5.97. The molecule has 0 fully saturated rings. The Morgan fingerprint density at radius 2 is 1.96 bits per heavy atom. The number of hydrogen-bond acceptors (Lipinski definition) is 4. The predicted octanol–water partition coefficient (Wildman–Crippen LogP) is 2.46. The quantitative estimate of drug-likeness (QED) is 0.580. The zero-order valence-electron chi connectivity index (χ0n) is 15.7. The molecule has 0 aliphatic rings. The third-order valence-electron chi connectivity index (χ3n) is 4.68. The molecule has 2 heterocycles. The molecule has 0 saturated heterocycles. The van der Waals surface area contributed by atoms with Gasteiger partial charge in [-0.25, -0.2) is 4.52 Å². The molecular weight excluding hydrogens is 356 g/mol. The Morgan fingerprint density at radius 3 is 2.75 bits per heavy atom. The van der Waals surface area contributed by atoms with Crippen molar-refractivity contribution in [1.29, 1.82) is 0 Å². The SMILES string of the molecule is CCNC(=O)c1ccc2c(c1)n(Cc1cccc(OC)c1)c(=O)c1ccnn12. The maximum absolute atomic E-state index is 13.1. The van der Waals surface area contributed by atoms with E-state index in [-0.39, 0.29) is 11.5 Å². The van der Waals surface area contributed by atoms with Gasteiger partial charge in [-0.15, -0.1) is 0 Å². The molecule has 28 heavy (non-hydrogen) atoms. The summed E-state index contributed by atoms with van der Waals surface area (Å²) in [6, 6.07) is 14.6. The summed E-state index contributed by atoms with van der Waals surface area (Å²) in [6.45, 7) is 2.75. The van der Waals surface area contributed by atoms with Crippen LogP contribution < -0.4 is 15.6 Å². The van der Waals surface area contributed by atoms with Crippen molar-refractivity contribution in [1.82, 2.24) is 19.5 Å². The first-order valence-corrected chi connectivity index (χ1v) is 9.04. The van der Waals surface area contributed by atoms with Gasteiger partial charge in [0.1, 0.15) is 11.3 Å². The average Bonchev–Trinajstić information content (AvgIpc) is 3.21. The molecule has 0 aliphatic carbocycles. The van der Waals surface area contributed by atoms with Crippen molar-refractivity contribution in [2.24, 2.45) is 0 Å². The first-order chi connectivity index (χ1) is 13.6. The lowest BCUT2D eigenvalue weighted by atomic mass is 10.1. The predicted molar refractivity (Wildman–Crippen MR) is 107 cm³/mol. The van der Waals surface area contributed by atoms with Crippen molar-refractivity contribution < 1.29 is 9.53 Å². The van der Waals surface area contributed by atoms with Crippen LogP contribution in [0.4, 0.5) is 0 Å². The second kappa shape index (κ2) is 7.19. The normalized spacial score (nSPS) is 11.1. The molecule has 0 unspecified atom stereocenters. The molecule has 0 spiro atoms. The lowest BCUT2D eigenvalue weighted by molar-refractivity contribution is 0.0956. The second-order valence-corrected chi connectivity index (χ2v) is 6.43. The number of carbonyl (C=O) groups excluding carboxylic acids is 1. The number of ether oxygens (including phenoxy) is 1. The van der Waals surface area contributed by atoms with E-state index in [4.69, 9.17) is 4.74 Å². The van der Waals surface area contributed by atoms with E-state index in [1.165, 1.54) is 0 Å². The summed E-state index contributed by atoms with van der Waals surface area (Å²) < 4.78 is 8.57. The monoisotopic (exact) mass is 376 g/mol. The van der Waals surface area contributed by atoms with E-state index < -0.39 is 0 Å². The zero-order chi connectivity index (χ0) is 19.7. The van der Waals surface area contributed by atoms with Crippen molar-refractivity contribution >= 4 is 22.5 Å². The number of fused-ring (bicyclic) bond motifs is 3. The van der Waals surface area contributed by atoms with Crippen LogP contribution >= 0.6 is 0 Å². The Kier molecular flexibility index (Phi) is 4.57. The number of amides is 1. The van der Waals surface area contributed by atoms with Crippen LogP contribution in [0.3, 0.4) is 0 Å². The summed E-state index contributed by atoms with van der Waals surface area (Å²) in [7, 11) is 1.61. The molecule has 1 amide bonds. The van der Waals surface area contributed by atoms with Crippen molar-refractivity contribution in [2.75, 3.05) is 13.7 Å². The minimum atomic E-state index is -0.176. The molecule has 0 saturated carbocycles. The highest BCUT2D eigenvalue weighted by Gasteiger charge is 2.14. The molecular formula is C21H20N4O3. The molecule has 7 nitrogen and oxygen atoms in total. The first-order valence-electron chi connectivity index (χ1n) is 9.04. The van der Waals surface area contributed by atoms with Crippen molar-refractivity contribution in [3.05, 3.63) is 76.2 Å².